The first-order valence-corrected chi connectivity index (χ1v) is 8.47. The van der Waals surface area contributed by atoms with E-state index in [0.717, 1.165) is 12.8 Å². The number of rotatable bonds is 12. The van der Waals surface area contributed by atoms with Crippen LogP contribution in [0.2, 0.25) is 0 Å². The van der Waals surface area contributed by atoms with Gasteiger partial charge in [-0.1, -0.05) is 57.7 Å². The molecule has 0 aromatic rings. The first-order chi connectivity index (χ1) is 9.49. The van der Waals surface area contributed by atoms with Crippen LogP contribution in [0, 0.1) is 0 Å². The monoisotopic (exact) mass is 300 g/mol. The lowest BCUT2D eigenvalue weighted by Gasteiger charge is -2.26. The number of carbonyl (C=O) groups is 1. The zero-order valence-corrected chi connectivity index (χ0v) is 14.3. The number of unbranched alkanes of at least 4 members (excludes halogenated alkanes) is 6. The van der Waals surface area contributed by atoms with Crippen molar-refractivity contribution in [2.45, 2.75) is 84.6 Å². The number of hydrogen-bond acceptors (Lipinski definition) is 2. The Morgan fingerprint density at radius 3 is 2.10 bits per heavy atom. The van der Waals surface area contributed by atoms with Gasteiger partial charge in [-0.3, -0.25) is 4.79 Å². The van der Waals surface area contributed by atoms with E-state index < -0.39 is 0 Å². The van der Waals surface area contributed by atoms with Crippen molar-refractivity contribution in [1.29, 1.82) is 0 Å². The molecule has 0 saturated heterocycles. The molecule has 4 heteroatoms. The summed E-state index contributed by atoms with van der Waals surface area (Å²) in [7, 11) is 0. The van der Waals surface area contributed by atoms with Crippen LogP contribution in [0.25, 0.3) is 0 Å². The molecule has 0 atom stereocenters. The van der Waals surface area contributed by atoms with Crippen LogP contribution in [0.1, 0.15) is 78.6 Å². The molecule has 0 aromatic heterocycles. The fourth-order valence-corrected chi connectivity index (χ4v) is 2.37. The van der Waals surface area contributed by atoms with Gasteiger partial charge in [-0.15, -0.1) is 0 Å². The second-order valence-corrected chi connectivity index (χ2v) is 6.29. The molecule has 3 nitrogen and oxygen atoms in total. The standard InChI is InChI=1S/C16H32N2OS/c1-4-5-6-7-8-9-10-11-16(19)18(14(2)3)13-12-15(17)20/h14H,4-13H2,1-3H3,(H2,17,20). The summed E-state index contributed by atoms with van der Waals surface area (Å²) in [4.78, 5) is 14.6. The largest absolute Gasteiger partial charge is 0.393 e. The highest BCUT2D eigenvalue weighted by Gasteiger charge is 2.16. The molecule has 0 spiro atoms. The molecule has 0 rings (SSSR count). The maximum atomic E-state index is 12.2. The molecule has 0 aliphatic heterocycles. The Kier molecular flexibility index (Phi) is 11.7. The highest BCUT2D eigenvalue weighted by Crippen LogP contribution is 2.11. The van der Waals surface area contributed by atoms with E-state index in [2.05, 4.69) is 6.92 Å². The van der Waals surface area contributed by atoms with Gasteiger partial charge in [-0.05, 0) is 20.3 Å². The molecule has 0 heterocycles. The topological polar surface area (TPSA) is 46.3 Å². The summed E-state index contributed by atoms with van der Waals surface area (Å²) in [6.45, 7) is 6.97. The summed E-state index contributed by atoms with van der Waals surface area (Å²) >= 11 is 4.88. The molecule has 1 amide bonds. The minimum atomic E-state index is 0.224. The lowest BCUT2D eigenvalue weighted by atomic mass is 10.1. The van der Waals surface area contributed by atoms with E-state index in [9.17, 15) is 4.79 Å². The molecular weight excluding hydrogens is 268 g/mol. The normalized spacial score (nSPS) is 10.8. The van der Waals surface area contributed by atoms with Gasteiger partial charge in [0.1, 0.15) is 0 Å². The average Bonchev–Trinajstić information content (AvgIpc) is 2.37. The van der Waals surface area contributed by atoms with Crippen molar-refractivity contribution in [3.63, 3.8) is 0 Å². The maximum Gasteiger partial charge on any atom is 0.222 e. The van der Waals surface area contributed by atoms with Crippen LogP contribution in [-0.2, 0) is 4.79 Å². The zero-order valence-electron chi connectivity index (χ0n) is 13.5. The molecule has 0 bridgehead atoms. The quantitative estimate of drug-likeness (QED) is 0.437. The molecule has 20 heavy (non-hydrogen) atoms. The fraction of sp³-hybridized carbons (Fsp3) is 0.875. The highest BCUT2D eigenvalue weighted by molar-refractivity contribution is 7.80. The minimum absolute atomic E-state index is 0.224. The van der Waals surface area contributed by atoms with Crippen LogP contribution in [0.5, 0.6) is 0 Å². The first-order valence-electron chi connectivity index (χ1n) is 8.06. The summed E-state index contributed by atoms with van der Waals surface area (Å²) in [6.07, 6.45) is 9.94. The first kappa shape index (κ1) is 19.4. The molecule has 2 N–H and O–H groups in total. The molecule has 0 aliphatic rings. The van der Waals surface area contributed by atoms with Crippen molar-refractivity contribution < 1.29 is 4.79 Å². The Morgan fingerprint density at radius 1 is 1.05 bits per heavy atom. The molecule has 118 valence electrons. The third kappa shape index (κ3) is 10.2. The minimum Gasteiger partial charge on any atom is -0.393 e. The Morgan fingerprint density at radius 2 is 1.60 bits per heavy atom. The third-order valence-electron chi connectivity index (χ3n) is 3.54. The molecule has 0 aromatic carbocycles. The Labute approximate surface area is 130 Å². The van der Waals surface area contributed by atoms with Crippen LogP contribution in [0.15, 0.2) is 0 Å². The summed E-state index contributed by atoms with van der Waals surface area (Å²) in [5, 5.41) is 0. The van der Waals surface area contributed by atoms with Crippen LogP contribution in [0.3, 0.4) is 0 Å². The molecule has 0 unspecified atom stereocenters. The second kappa shape index (κ2) is 12.1. The van der Waals surface area contributed by atoms with E-state index in [1.165, 1.54) is 32.1 Å². The molecular formula is C16H32N2OS. The van der Waals surface area contributed by atoms with Crippen molar-refractivity contribution in [3.05, 3.63) is 0 Å². The number of amides is 1. The van der Waals surface area contributed by atoms with Gasteiger partial charge in [-0.25, -0.2) is 0 Å². The fourth-order valence-electron chi connectivity index (χ4n) is 2.28. The molecule has 0 radical (unpaired) electrons. The Hall–Kier alpha value is -0.640. The Balaban J connectivity index is 3.81. The summed E-state index contributed by atoms with van der Waals surface area (Å²) in [6, 6.07) is 0.224. The van der Waals surface area contributed by atoms with Crippen molar-refractivity contribution in [2.24, 2.45) is 5.73 Å². The number of thiocarbonyl (C=S) groups is 1. The predicted octanol–water partition coefficient (Wildman–Crippen LogP) is 4.04. The zero-order chi connectivity index (χ0) is 15.4. The maximum absolute atomic E-state index is 12.2. The van der Waals surface area contributed by atoms with E-state index in [0.29, 0.717) is 24.4 Å². The number of hydrogen-bond donors (Lipinski definition) is 1. The number of nitrogens with zero attached hydrogens (tertiary/aromatic N) is 1. The highest BCUT2D eigenvalue weighted by atomic mass is 32.1. The molecule has 0 fully saturated rings. The number of carbonyl (C=O) groups excluding carboxylic acids is 1. The van der Waals surface area contributed by atoms with Crippen LogP contribution in [0.4, 0.5) is 0 Å². The summed E-state index contributed by atoms with van der Waals surface area (Å²) < 4.78 is 0. The summed E-state index contributed by atoms with van der Waals surface area (Å²) in [5.74, 6) is 0.241. The van der Waals surface area contributed by atoms with E-state index >= 15 is 0 Å². The van der Waals surface area contributed by atoms with Crippen LogP contribution in [-0.4, -0.2) is 28.4 Å². The van der Waals surface area contributed by atoms with Gasteiger partial charge in [0, 0.05) is 25.4 Å². The van der Waals surface area contributed by atoms with Gasteiger partial charge in [0.2, 0.25) is 5.91 Å². The van der Waals surface area contributed by atoms with Crippen molar-refractivity contribution in [2.75, 3.05) is 6.54 Å². The average molecular weight is 301 g/mol. The van der Waals surface area contributed by atoms with E-state index in [1.54, 1.807) is 0 Å². The van der Waals surface area contributed by atoms with E-state index in [1.807, 2.05) is 18.7 Å². The van der Waals surface area contributed by atoms with E-state index in [-0.39, 0.29) is 11.9 Å². The van der Waals surface area contributed by atoms with Crippen molar-refractivity contribution in [3.8, 4) is 0 Å². The third-order valence-corrected chi connectivity index (χ3v) is 3.74. The summed E-state index contributed by atoms with van der Waals surface area (Å²) in [5.41, 5.74) is 5.51. The SMILES string of the molecule is CCCCCCCCCC(=O)N(CCC(N)=S)C(C)C. The van der Waals surface area contributed by atoms with Crippen molar-refractivity contribution >= 4 is 23.1 Å². The van der Waals surface area contributed by atoms with Gasteiger partial charge < -0.3 is 10.6 Å². The number of nitrogens with two attached hydrogens (primary N) is 1. The predicted molar refractivity (Wildman–Crippen MR) is 90.9 cm³/mol. The van der Waals surface area contributed by atoms with Gasteiger partial charge >= 0.3 is 0 Å². The lowest BCUT2D eigenvalue weighted by molar-refractivity contribution is -0.132. The second-order valence-electron chi connectivity index (χ2n) is 5.77. The van der Waals surface area contributed by atoms with Gasteiger partial charge in [0.05, 0.1) is 4.99 Å². The smallest absolute Gasteiger partial charge is 0.222 e. The van der Waals surface area contributed by atoms with Gasteiger partial charge in [0.15, 0.2) is 0 Å². The van der Waals surface area contributed by atoms with Crippen LogP contribution >= 0.6 is 12.2 Å². The Bertz CT molecular complexity index is 280. The van der Waals surface area contributed by atoms with E-state index in [4.69, 9.17) is 18.0 Å². The van der Waals surface area contributed by atoms with Crippen LogP contribution < -0.4 is 5.73 Å². The van der Waals surface area contributed by atoms with Gasteiger partial charge in [0.25, 0.3) is 0 Å². The lowest BCUT2D eigenvalue weighted by Crippen LogP contribution is -2.38. The molecule has 0 aliphatic carbocycles. The van der Waals surface area contributed by atoms with Crippen molar-refractivity contribution in [1.82, 2.24) is 4.90 Å². The molecule has 0 saturated carbocycles. The van der Waals surface area contributed by atoms with Gasteiger partial charge in [-0.2, -0.15) is 0 Å².